The monoisotopic (exact) mass is 329 g/mol. The first-order valence-electron chi connectivity index (χ1n) is 7.85. The Morgan fingerprint density at radius 3 is 2.74 bits per heavy atom. The van der Waals surface area contributed by atoms with Crippen LogP contribution in [0.3, 0.4) is 0 Å². The number of likely N-dealkylation sites (tertiary alicyclic amines) is 1. The summed E-state index contributed by atoms with van der Waals surface area (Å²) in [4.78, 5) is 2.24. The molecule has 122 valence electrons. The predicted molar refractivity (Wildman–Crippen MR) is 97.5 cm³/mol. The van der Waals surface area contributed by atoms with E-state index in [9.17, 15) is 5.11 Å². The van der Waals surface area contributed by atoms with Gasteiger partial charge in [-0.05, 0) is 29.7 Å². The maximum atomic E-state index is 10.1. The van der Waals surface area contributed by atoms with E-state index < -0.39 is 0 Å². The van der Waals surface area contributed by atoms with Gasteiger partial charge in [-0.15, -0.1) is 0 Å². The van der Waals surface area contributed by atoms with Crippen LogP contribution in [0.2, 0.25) is 0 Å². The molecule has 2 aromatic carbocycles. The summed E-state index contributed by atoms with van der Waals surface area (Å²) < 4.78 is 0. The SMILES string of the molecule is [NH-]S[C@@H](NN=Cc1c(O)ccc2ccccc12)N1CCCCC1. The normalized spacial score (nSPS) is 17.6. The van der Waals surface area contributed by atoms with E-state index in [0.29, 0.717) is 5.56 Å². The molecule has 1 aliphatic heterocycles. The van der Waals surface area contributed by atoms with Crippen LogP contribution in [0.4, 0.5) is 0 Å². The van der Waals surface area contributed by atoms with Crippen LogP contribution in [-0.2, 0) is 0 Å². The highest BCUT2D eigenvalue weighted by atomic mass is 32.2. The number of nitrogens with one attached hydrogen (secondary N) is 2. The predicted octanol–water partition coefficient (Wildman–Crippen LogP) is 3.94. The average molecular weight is 329 g/mol. The van der Waals surface area contributed by atoms with Crippen LogP contribution in [0.1, 0.15) is 24.8 Å². The van der Waals surface area contributed by atoms with Gasteiger partial charge in [0.05, 0.1) is 6.21 Å². The van der Waals surface area contributed by atoms with Gasteiger partial charge in [-0.2, -0.15) is 5.10 Å². The number of phenolic OH excluding ortho intramolecular Hbond substituents is 1. The van der Waals surface area contributed by atoms with Gasteiger partial charge in [0, 0.05) is 18.7 Å². The number of nitrogens with zero attached hydrogens (tertiary/aromatic N) is 2. The molecule has 0 spiro atoms. The van der Waals surface area contributed by atoms with Crippen molar-refractivity contribution in [3.63, 3.8) is 0 Å². The van der Waals surface area contributed by atoms with E-state index in [1.165, 1.54) is 19.3 Å². The number of hydrogen-bond donors (Lipinski definition) is 2. The Hall–Kier alpha value is -1.76. The number of phenols is 1. The molecule has 0 aliphatic carbocycles. The van der Waals surface area contributed by atoms with Crippen molar-refractivity contribution in [1.29, 1.82) is 0 Å². The molecule has 0 amide bonds. The third kappa shape index (κ3) is 3.77. The summed E-state index contributed by atoms with van der Waals surface area (Å²) in [5.41, 5.74) is 3.59. The summed E-state index contributed by atoms with van der Waals surface area (Å²) >= 11 is 1.01. The van der Waals surface area contributed by atoms with Gasteiger partial charge >= 0.3 is 0 Å². The van der Waals surface area contributed by atoms with E-state index in [1.54, 1.807) is 12.3 Å². The zero-order valence-electron chi connectivity index (χ0n) is 12.9. The van der Waals surface area contributed by atoms with E-state index in [2.05, 4.69) is 15.4 Å². The number of hydrogen-bond acceptors (Lipinski definition) is 5. The van der Waals surface area contributed by atoms with Gasteiger partial charge in [0.25, 0.3) is 0 Å². The van der Waals surface area contributed by atoms with Crippen LogP contribution in [-0.4, -0.2) is 34.8 Å². The molecule has 0 saturated carbocycles. The lowest BCUT2D eigenvalue weighted by molar-refractivity contribution is 0.193. The van der Waals surface area contributed by atoms with Gasteiger partial charge in [-0.3, -0.25) is 22.3 Å². The molecule has 1 fully saturated rings. The topological polar surface area (TPSA) is 71.7 Å². The molecule has 0 radical (unpaired) electrons. The second-order valence-electron chi connectivity index (χ2n) is 5.67. The van der Waals surface area contributed by atoms with Crippen molar-refractivity contribution in [2.24, 2.45) is 5.10 Å². The van der Waals surface area contributed by atoms with Crippen molar-refractivity contribution in [2.75, 3.05) is 13.1 Å². The Balaban J connectivity index is 1.75. The Morgan fingerprint density at radius 2 is 1.96 bits per heavy atom. The first kappa shape index (κ1) is 16.1. The lowest BCUT2D eigenvalue weighted by atomic mass is 10.0. The number of hydrazone groups is 1. The molecule has 6 heteroatoms. The molecule has 1 aliphatic rings. The van der Waals surface area contributed by atoms with Crippen molar-refractivity contribution in [3.8, 4) is 5.75 Å². The molecule has 1 heterocycles. The number of rotatable bonds is 5. The highest BCUT2D eigenvalue weighted by molar-refractivity contribution is 8.01. The van der Waals surface area contributed by atoms with Gasteiger partial charge < -0.3 is 10.2 Å². The fraction of sp³-hybridized carbons (Fsp3) is 0.353. The second-order valence-corrected chi connectivity index (χ2v) is 6.36. The molecule has 5 nitrogen and oxygen atoms in total. The van der Waals surface area contributed by atoms with Gasteiger partial charge in [0.2, 0.25) is 0 Å². The quantitative estimate of drug-likeness (QED) is 0.377. The molecule has 23 heavy (non-hydrogen) atoms. The van der Waals surface area contributed by atoms with Crippen LogP contribution in [0.5, 0.6) is 5.75 Å². The summed E-state index contributed by atoms with van der Waals surface area (Å²) in [7, 11) is 0. The highest BCUT2D eigenvalue weighted by Gasteiger charge is 2.17. The van der Waals surface area contributed by atoms with E-state index in [4.69, 9.17) is 5.14 Å². The third-order valence-electron chi connectivity index (χ3n) is 4.16. The maximum Gasteiger partial charge on any atom is 0.125 e. The summed E-state index contributed by atoms with van der Waals surface area (Å²) in [6.07, 6.45) is 5.25. The number of piperidine rings is 1. The van der Waals surface area contributed by atoms with Crippen LogP contribution >= 0.6 is 11.9 Å². The van der Waals surface area contributed by atoms with Crippen molar-refractivity contribution >= 4 is 28.9 Å². The zero-order chi connectivity index (χ0) is 16.1. The molecule has 2 aromatic rings. The summed E-state index contributed by atoms with van der Waals surface area (Å²) in [5, 5.41) is 24.1. The Morgan fingerprint density at radius 1 is 1.17 bits per heavy atom. The van der Waals surface area contributed by atoms with Gasteiger partial charge in [-0.25, -0.2) is 0 Å². The Bertz CT molecular complexity index is 685. The molecular formula is C17H21N4OS-. The van der Waals surface area contributed by atoms with Crippen LogP contribution in [0, 0.1) is 0 Å². The van der Waals surface area contributed by atoms with E-state index in [1.807, 2.05) is 30.3 Å². The van der Waals surface area contributed by atoms with Crippen molar-refractivity contribution < 1.29 is 5.11 Å². The zero-order valence-corrected chi connectivity index (χ0v) is 13.7. The largest absolute Gasteiger partial charge is 0.619 e. The summed E-state index contributed by atoms with van der Waals surface area (Å²) in [6, 6.07) is 11.5. The summed E-state index contributed by atoms with van der Waals surface area (Å²) in [5.74, 6) is 0.210. The first-order chi connectivity index (χ1) is 11.3. The van der Waals surface area contributed by atoms with Crippen LogP contribution in [0.15, 0.2) is 41.5 Å². The average Bonchev–Trinajstić information content (AvgIpc) is 2.61. The minimum absolute atomic E-state index is 0.149. The second kappa shape index (κ2) is 7.68. The Kier molecular flexibility index (Phi) is 5.38. The molecule has 0 aromatic heterocycles. The molecular weight excluding hydrogens is 308 g/mol. The number of benzene rings is 2. The van der Waals surface area contributed by atoms with Crippen molar-refractivity contribution in [3.05, 3.63) is 47.1 Å². The van der Waals surface area contributed by atoms with E-state index in [-0.39, 0.29) is 11.2 Å². The standard InChI is InChI=1S/C17H21N4OS/c18-23-17(21-10-4-1-5-11-21)20-19-12-15-14-7-3-2-6-13(14)8-9-16(15)22/h2-3,6-9,12,17-18,20,22H,1,4-5,10-11H2/q-1/t17-/m0/s1. The molecule has 0 bridgehead atoms. The molecule has 0 unspecified atom stereocenters. The molecule has 1 atom stereocenters. The van der Waals surface area contributed by atoms with Crippen LogP contribution < -0.4 is 5.43 Å². The lowest BCUT2D eigenvalue weighted by Gasteiger charge is -2.35. The van der Waals surface area contributed by atoms with Crippen LogP contribution in [0.25, 0.3) is 15.9 Å². The van der Waals surface area contributed by atoms with Gasteiger partial charge in [0.15, 0.2) is 0 Å². The van der Waals surface area contributed by atoms with E-state index >= 15 is 0 Å². The maximum absolute atomic E-state index is 10.1. The molecule has 3 N–H and O–H groups in total. The fourth-order valence-electron chi connectivity index (χ4n) is 2.92. The minimum Gasteiger partial charge on any atom is -0.619 e. The van der Waals surface area contributed by atoms with Crippen molar-refractivity contribution in [1.82, 2.24) is 10.3 Å². The van der Waals surface area contributed by atoms with Gasteiger partial charge in [-0.1, -0.05) is 36.8 Å². The number of fused-ring (bicyclic) bond motifs is 1. The third-order valence-corrected chi connectivity index (χ3v) is 4.79. The van der Waals surface area contributed by atoms with Crippen molar-refractivity contribution in [2.45, 2.75) is 24.8 Å². The highest BCUT2D eigenvalue weighted by Crippen LogP contribution is 2.25. The molecule has 1 saturated heterocycles. The lowest BCUT2D eigenvalue weighted by Crippen LogP contribution is -2.43. The molecule has 3 rings (SSSR count). The van der Waals surface area contributed by atoms with Gasteiger partial charge in [0.1, 0.15) is 11.2 Å². The minimum atomic E-state index is -0.149. The number of aromatic hydroxyl groups is 1. The Labute approximate surface area is 140 Å². The van der Waals surface area contributed by atoms with E-state index in [0.717, 1.165) is 35.8 Å². The summed E-state index contributed by atoms with van der Waals surface area (Å²) in [6.45, 7) is 2.00. The first-order valence-corrected chi connectivity index (χ1v) is 8.73. The fourth-order valence-corrected chi connectivity index (χ4v) is 3.39. The smallest absolute Gasteiger partial charge is 0.125 e.